The van der Waals surface area contributed by atoms with Crippen LogP contribution in [-0.4, -0.2) is 10.2 Å². The first-order chi connectivity index (χ1) is 6.79. The van der Waals surface area contributed by atoms with Gasteiger partial charge in [-0.3, -0.25) is 0 Å². The molecule has 2 aromatic carbocycles. The zero-order chi connectivity index (χ0) is 10.2. The molecule has 3 heteroatoms. The van der Waals surface area contributed by atoms with Gasteiger partial charge >= 0.3 is 51.4 Å². The predicted molar refractivity (Wildman–Crippen MR) is 55.0 cm³/mol. The summed E-state index contributed by atoms with van der Waals surface area (Å²) in [6.45, 7) is 0. The second kappa shape index (κ2) is 8.94. The van der Waals surface area contributed by atoms with E-state index in [2.05, 4.69) is 6.07 Å². The van der Waals surface area contributed by atoms with Gasteiger partial charge in [0.2, 0.25) is 0 Å². The molecule has 0 radical (unpaired) electrons. The molecule has 0 saturated carbocycles. The minimum Gasteiger partial charge on any atom is -0.534 e. The maximum atomic E-state index is 8.63. The molecule has 0 unspecified atom stereocenters. The van der Waals surface area contributed by atoms with Gasteiger partial charge in [-0.15, -0.1) is 12.1 Å². The molecule has 2 rings (SSSR count). The molecule has 0 fully saturated rings. The molecule has 0 saturated heterocycles. The predicted octanol–water partition coefficient (Wildman–Crippen LogP) is -0.411. The normalized spacial score (nSPS) is 8.00. The van der Waals surface area contributed by atoms with Gasteiger partial charge in [0.1, 0.15) is 5.75 Å². The summed E-state index contributed by atoms with van der Waals surface area (Å²) in [7, 11) is 0. The molecule has 0 aromatic heterocycles. The van der Waals surface area contributed by atoms with Gasteiger partial charge in [0.25, 0.3) is 0 Å². The Bertz CT molecular complexity index is 311. The third kappa shape index (κ3) is 7.59. The van der Waals surface area contributed by atoms with Gasteiger partial charge in [0, 0.05) is 5.75 Å². The molecule has 2 nitrogen and oxygen atoms in total. The molecule has 2 aromatic rings. The zero-order valence-electron chi connectivity index (χ0n) is 8.59. The minimum absolute atomic E-state index is 0. The summed E-state index contributed by atoms with van der Waals surface area (Å²) in [5.41, 5.74) is 0. The molecule has 15 heavy (non-hydrogen) atoms. The molecular formula is C12H11KO2. The number of benzene rings is 2. The summed E-state index contributed by atoms with van der Waals surface area (Å²) in [5, 5.41) is 17.2. The average Bonchev–Trinajstić information content (AvgIpc) is 2.21. The van der Waals surface area contributed by atoms with Crippen LogP contribution in [0.25, 0.3) is 0 Å². The number of phenols is 2. The van der Waals surface area contributed by atoms with Gasteiger partial charge in [-0.25, -0.2) is 0 Å². The Morgan fingerprint density at radius 2 is 1.40 bits per heavy atom. The van der Waals surface area contributed by atoms with Crippen molar-refractivity contribution in [3.63, 3.8) is 0 Å². The molecule has 0 amide bonds. The molecule has 0 aliphatic rings. The van der Waals surface area contributed by atoms with Crippen molar-refractivity contribution in [2.75, 3.05) is 0 Å². The van der Waals surface area contributed by atoms with E-state index in [0.29, 0.717) is 5.75 Å². The molecule has 0 heterocycles. The van der Waals surface area contributed by atoms with Crippen LogP contribution in [0.15, 0.2) is 54.6 Å². The van der Waals surface area contributed by atoms with E-state index in [0.717, 1.165) is 0 Å². The largest absolute Gasteiger partial charge is 1.00 e. The Morgan fingerprint density at radius 1 is 0.800 bits per heavy atom. The Morgan fingerprint density at radius 3 is 1.67 bits per heavy atom. The number of para-hydroxylation sites is 2. The first-order valence-electron chi connectivity index (χ1n) is 4.19. The van der Waals surface area contributed by atoms with E-state index in [1.54, 1.807) is 48.5 Å². The van der Waals surface area contributed by atoms with Gasteiger partial charge < -0.3 is 10.2 Å². The summed E-state index contributed by atoms with van der Waals surface area (Å²) in [6, 6.07) is 18.1. The third-order valence-corrected chi connectivity index (χ3v) is 1.45. The van der Waals surface area contributed by atoms with E-state index < -0.39 is 0 Å². The summed E-state index contributed by atoms with van der Waals surface area (Å²) in [4.78, 5) is 0. The molecule has 0 atom stereocenters. The van der Waals surface area contributed by atoms with Gasteiger partial charge in [-0.1, -0.05) is 18.2 Å². The second-order valence-electron chi connectivity index (χ2n) is 2.58. The topological polar surface area (TPSA) is 40.5 Å². The van der Waals surface area contributed by atoms with Crippen molar-refractivity contribution in [1.82, 2.24) is 0 Å². The second-order valence-corrected chi connectivity index (χ2v) is 2.58. The van der Waals surface area contributed by atoms with E-state index in [1.807, 2.05) is 6.07 Å². The van der Waals surface area contributed by atoms with Gasteiger partial charge in [-0.05, 0) is 12.1 Å². The van der Waals surface area contributed by atoms with E-state index in [1.165, 1.54) is 0 Å². The van der Waals surface area contributed by atoms with Crippen LogP contribution in [0.4, 0.5) is 0 Å². The van der Waals surface area contributed by atoms with E-state index >= 15 is 0 Å². The first kappa shape index (κ1) is 14.7. The monoisotopic (exact) mass is 226 g/mol. The Balaban J connectivity index is 0.000000245. The zero-order valence-corrected chi connectivity index (χ0v) is 11.7. The molecular weight excluding hydrogens is 215 g/mol. The van der Waals surface area contributed by atoms with E-state index in [-0.39, 0.29) is 57.1 Å². The molecule has 0 spiro atoms. The maximum absolute atomic E-state index is 8.63. The minimum atomic E-state index is 0. The molecule has 0 bridgehead atoms. The average molecular weight is 226 g/mol. The van der Waals surface area contributed by atoms with Gasteiger partial charge in [0.05, 0.1) is 0 Å². The number of rotatable bonds is 0. The maximum Gasteiger partial charge on any atom is 1.00 e. The van der Waals surface area contributed by atoms with Crippen LogP contribution in [0, 0.1) is 6.07 Å². The van der Waals surface area contributed by atoms with Gasteiger partial charge in [0.15, 0.2) is 0 Å². The first-order valence-corrected chi connectivity index (χ1v) is 4.19. The number of hydrogen-bond acceptors (Lipinski definition) is 2. The molecule has 2 N–H and O–H groups in total. The van der Waals surface area contributed by atoms with Crippen LogP contribution in [0.5, 0.6) is 11.5 Å². The van der Waals surface area contributed by atoms with E-state index in [9.17, 15) is 0 Å². The van der Waals surface area contributed by atoms with Crippen LogP contribution in [0.1, 0.15) is 0 Å². The van der Waals surface area contributed by atoms with Crippen molar-refractivity contribution in [3.8, 4) is 11.5 Å². The summed E-state index contributed by atoms with van der Waals surface area (Å²) >= 11 is 0. The number of hydrogen-bond donors (Lipinski definition) is 2. The van der Waals surface area contributed by atoms with Crippen molar-refractivity contribution in [3.05, 3.63) is 60.7 Å². The Kier molecular flexibility index (Phi) is 8.75. The number of aromatic hydroxyl groups is 2. The summed E-state index contributed by atoms with van der Waals surface area (Å²) < 4.78 is 0. The van der Waals surface area contributed by atoms with Crippen molar-refractivity contribution < 1.29 is 61.6 Å². The SMILES string of the molecule is Oc1[c-]cccc1.Oc1ccccc1.[K+]. The quantitative estimate of drug-likeness (QED) is 0.473. The van der Waals surface area contributed by atoms with Crippen LogP contribution < -0.4 is 51.4 Å². The molecule has 0 aliphatic heterocycles. The van der Waals surface area contributed by atoms with E-state index in [4.69, 9.17) is 10.2 Å². The van der Waals surface area contributed by atoms with Crippen molar-refractivity contribution in [1.29, 1.82) is 0 Å². The summed E-state index contributed by atoms with van der Waals surface area (Å²) in [5.74, 6) is 0.519. The number of phenolic OH excluding ortho intramolecular Hbond substituents is 2. The third-order valence-electron chi connectivity index (χ3n) is 1.45. The Labute approximate surface area is 132 Å². The van der Waals surface area contributed by atoms with Crippen molar-refractivity contribution in [2.45, 2.75) is 0 Å². The van der Waals surface area contributed by atoms with Crippen molar-refractivity contribution >= 4 is 0 Å². The van der Waals surface area contributed by atoms with Crippen LogP contribution in [0.2, 0.25) is 0 Å². The fraction of sp³-hybridized carbons (Fsp3) is 0. The van der Waals surface area contributed by atoms with Crippen LogP contribution in [0.3, 0.4) is 0 Å². The molecule has 72 valence electrons. The fourth-order valence-electron chi connectivity index (χ4n) is 0.812. The Hall–Kier alpha value is -0.324. The summed E-state index contributed by atoms with van der Waals surface area (Å²) in [6.07, 6.45) is 0. The fourth-order valence-corrected chi connectivity index (χ4v) is 0.812. The standard InChI is InChI=1S/C6H6O.C6H5O.K/c2*7-6-4-2-1-3-5-6;/h1-5,7H;1-4,7H;/q;-1;+1. The van der Waals surface area contributed by atoms with Crippen LogP contribution >= 0.6 is 0 Å². The smallest absolute Gasteiger partial charge is 0.534 e. The van der Waals surface area contributed by atoms with Crippen LogP contribution in [-0.2, 0) is 0 Å². The van der Waals surface area contributed by atoms with Gasteiger partial charge in [-0.2, -0.15) is 18.2 Å². The van der Waals surface area contributed by atoms with Crippen molar-refractivity contribution in [2.24, 2.45) is 0 Å². The molecule has 0 aliphatic carbocycles.